The Balaban J connectivity index is 2.83. The number of thiophene rings is 1. The first-order valence-electron chi connectivity index (χ1n) is 3.63. The van der Waals surface area contributed by atoms with Gasteiger partial charge >= 0.3 is 0 Å². The average Bonchev–Trinajstić information content (AvgIpc) is 2.59. The third-order valence-corrected chi connectivity index (χ3v) is 4.64. The van der Waals surface area contributed by atoms with Crippen LogP contribution >= 0.6 is 45.5 Å². The molecule has 13 heavy (non-hydrogen) atoms. The van der Waals surface area contributed by atoms with E-state index in [1.165, 1.54) is 0 Å². The Labute approximate surface area is 98.8 Å². The lowest BCUT2D eigenvalue weighted by molar-refractivity contribution is 0.412. The summed E-state index contributed by atoms with van der Waals surface area (Å²) >= 11 is 10.0. The maximum absolute atomic E-state index is 6.17. The first-order valence-corrected chi connectivity index (χ1v) is 5.97. The quantitative estimate of drug-likeness (QED) is 0.716. The van der Waals surface area contributed by atoms with Gasteiger partial charge in [-0.2, -0.15) is 0 Å². The smallest absolute Gasteiger partial charge is 0.134 e. The zero-order valence-electron chi connectivity index (χ0n) is 6.80. The summed E-state index contributed by atoms with van der Waals surface area (Å²) in [6.45, 7) is 0. The van der Waals surface area contributed by atoms with Crippen LogP contribution in [0.25, 0.3) is 10.1 Å². The van der Waals surface area contributed by atoms with E-state index in [9.17, 15) is 0 Å². The van der Waals surface area contributed by atoms with Gasteiger partial charge in [-0.05, 0) is 45.5 Å². The second-order valence-corrected chi connectivity index (χ2v) is 4.92. The second-order valence-electron chi connectivity index (χ2n) is 2.55. The van der Waals surface area contributed by atoms with Crippen molar-refractivity contribution >= 4 is 55.6 Å². The third kappa shape index (κ3) is 1.53. The number of rotatable bonds is 1. The summed E-state index contributed by atoms with van der Waals surface area (Å²) in [7, 11) is 1.66. The van der Waals surface area contributed by atoms with Crippen LogP contribution in [0, 0.1) is 3.57 Å². The molecule has 0 radical (unpaired) electrons. The summed E-state index contributed by atoms with van der Waals surface area (Å²) in [5, 5.41) is 3.98. The zero-order valence-corrected chi connectivity index (χ0v) is 10.5. The number of methoxy groups -OCH3 is 1. The van der Waals surface area contributed by atoms with Crippen molar-refractivity contribution in [3.05, 3.63) is 26.1 Å². The number of ether oxygens (including phenoxy) is 1. The Morgan fingerprint density at radius 3 is 3.00 bits per heavy atom. The van der Waals surface area contributed by atoms with Crippen molar-refractivity contribution < 1.29 is 4.74 Å². The molecule has 1 aromatic carbocycles. The molecule has 2 rings (SSSR count). The molecule has 1 aromatic heterocycles. The van der Waals surface area contributed by atoms with E-state index in [1.807, 2.05) is 17.5 Å². The molecule has 0 spiro atoms. The van der Waals surface area contributed by atoms with E-state index in [2.05, 4.69) is 22.6 Å². The van der Waals surface area contributed by atoms with E-state index >= 15 is 0 Å². The van der Waals surface area contributed by atoms with Crippen molar-refractivity contribution in [3.63, 3.8) is 0 Å². The standard InChI is InChI=1S/C9H6ClIOS/c1-12-6-4-5-2-3-13-9(5)7(10)8(6)11/h2-4H,1H3. The van der Waals surface area contributed by atoms with E-state index < -0.39 is 0 Å². The molecule has 68 valence electrons. The van der Waals surface area contributed by atoms with E-state index in [1.54, 1.807) is 18.4 Å². The number of halogens is 2. The van der Waals surface area contributed by atoms with E-state index in [0.717, 1.165) is 24.4 Å². The Morgan fingerprint density at radius 1 is 1.54 bits per heavy atom. The van der Waals surface area contributed by atoms with Crippen molar-refractivity contribution in [1.29, 1.82) is 0 Å². The van der Waals surface area contributed by atoms with Gasteiger partial charge in [-0.25, -0.2) is 0 Å². The fourth-order valence-corrected chi connectivity index (χ4v) is 3.16. The van der Waals surface area contributed by atoms with Gasteiger partial charge in [0.1, 0.15) is 5.75 Å². The third-order valence-electron chi connectivity index (χ3n) is 1.81. The summed E-state index contributed by atoms with van der Waals surface area (Å²) < 4.78 is 7.33. The molecule has 0 N–H and O–H groups in total. The van der Waals surface area contributed by atoms with Gasteiger partial charge in [0.15, 0.2) is 0 Å². The lowest BCUT2D eigenvalue weighted by Gasteiger charge is -2.05. The van der Waals surface area contributed by atoms with Gasteiger partial charge in [-0.1, -0.05) is 11.6 Å². The normalized spacial score (nSPS) is 10.7. The molecule has 0 atom stereocenters. The summed E-state index contributed by atoms with van der Waals surface area (Å²) in [5.74, 6) is 0.844. The predicted molar refractivity (Wildman–Crippen MR) is 66.1 cm³/mol. The van der Waals surface area contributed by atoms with Crippen LogP contribution in [-0.2, 0) is 0 Å². The molecule has 1 nitrogen and oxygen atoms in total. The van der Waals surface area contributed by atoms with E-state index in [4.69, 9.17) is 16.3 Å². The summed E-state index contributed by atoms with van der Waals surface area (Å²) in [5.41, 5.74) is 0. The van der Waals surface area contributed by atoms with Gasteiger partial charge in [-0.15, -0.1) is 11.3 Å². The first kappa shape index (κ1) is 9.55. The molecule has 0 bridgehead atoms. The topological polar surface area (TPSA) is 9.23 Å². The fraction of sp³-hybridized carbons (Fsp3) is 0.111. The van der Waals surface area contributed by atoms with Crippen LogP contribution in [0.5, 0.6) is 5.75 Å². The van der Waals surface area contributed by atoms with Crippen molar-refractivity contribution in [1.82, 2.24) is 0 Å². The van der Waals surface area contributed by atoms with E-state index in [-0.39, 0.29) is 0 Å². The molecule has 0 fully saturated rings. The molecule has 0 saturated heterocycles. The molecular weight excluding hydrogens is 319 g/mol. The fourth-order valence-electron chi connectivity index (χ4n) is 1.17. The Hall–Kier alpha value is -0.000000000000000111. The number of benzene rings is 1. The molecule has 0 unspecified atom stereocenters. The van der Waals surface area contributed by atoms with Crippen LogP contribution in [-0.4, -0.2) is 7.11 Å². The Kier molecular flexibility index (Phi) is 2.67. The van der Waals surface area contributed by atoms with Crippen LogP contribution in [0.15, 0.2) is 17.5 Å². The van der Waals surface area contributed by atoms with Crippen LogP contribution in [0.1, 0.15) is 0 Å². The number of hydrogen-bond donors (Lipinski definition) is 0. The Bertz CT molecular complexity index is 452. The first-order chi connectivity index (χ1) is 6.24. The minimum atomic E-state index is 0.796. The van der Waals surface area contributed by atoms with Crippen molar-refractivity contribution in [3.8, 4) is 5.75 Å². The molecular formula is C9H6ClIOS. The summed E-state index contributed by atoms with van der Waals surface area (Å²) in [4.78, 5) is 0. The molecule has 0 aliphatic rings. The van der Waals surface area contributed by atoms with Crippen LogP contribution in [0.4, 0.5) is 0 Å². The van der Waals surface area contributed by atoms with Gasteiger partial charge in [0.05, 0.1) is 20.4 Å². The zero-order chi connectivity index (χ0) is 9.42. The van der Waals surface area contributed by atoms with E-state index in [0.29, 0.717) is 0 Å². The van der Waals surface area contributed by atoms with Gasteiger partial charge in [-0.3, -0.25) is 0 Å². The van der Waals surface area contributed by atoms with Crippen molar-refractivity contribution in [2.75, 3.05) is 7.11 Å². The highest BCUT2D eigenvalue weighted by Crippen LogP contribution is 2.38. The maximum Gasteiger partial charge on any atom is 0.134 e. The molecule has 2 aromatic rings. The second kappa shape index (κ2) is 3.63. The van der Waals surface area contributed by atoms with Crippen LogP contribution in [0.3, 0.4) is 0 Å². The van der Waals surface area contributed by atoms with Crippen molar-refractivity contribution in [2.24, 2.45) is 0 Å². The minimum Gasteiger partial charge on any atom is -0.496 e. The lowest BCUT2D eigenvalue weighted by Crippen LogP contribution is -1.87. The summed E-state index contributed by atoms with van der Waals surface area (Å²) in [6, 6.07) is 4.06. The summed E-state index contributed by atoms with van der Waals surface area (Å²) in [6.07, 6.45) is 0. The monoisotopic (exact) mass is 324 g/mol. The minimum absolute atomic E-state index is 0.796. The number of fused-ring (bicyclic) bond motifs is 1. The van der Waals surface area contributed by atoms with Gasteiger partial charge in [0.2, 0.25) is 0 Å². The molecule has 0 saturated carbocycles. The van der Waals surface area contributed by atoms with Crippen LogP contribution < -0.4 is 4.74 Å². The molecule has 1 heterocycles. The van der Waals surface area contributed by atoms with Gasteiger partial charge in [0, 0.05) is 0 Å². The van der Waals surface area contributed by atoms with Crippen LogP contribution in [0.2, 0.25) is 5.02 Å². The molecule has 0 amide bonds. The average molecular weight is 325 g/mol. The largest absolute Gasteiger partial charge is 0.496 e. The SMILES string of the molecule is COc1cc2ccsc2c(Cl)c1I. The number of hydrogen-bond acceptors (Lipinski definition) is 2. The van der Waals surface area contributed by atoms with Gasteiger partial charge in [0.25, 0.3) is 0 Å². The maximum atomic E-state index is 6.17. The Morgan fingerprint density at radius 2 is 2.31 bits per heavy atom. The highest BCUT2D eigenvalue weighted by Gasteiger charge is 2.10. The molecule has 4 heteroatoms. The lowest BCUT2D eigenvalue weighted by atomic mass is 10.2. The highest BCUT2D eigenvalue weighted by atomic mass is 127. The highest BCUT2D eigenvalue weighted by molar-refractivity contribution is 14.1. The van der Waals surface area contributed by atoms with Gasteiger partial charge < -0.3 is 4.74 Å². The van der Waals surface area contributed by atoms with Crippen molar-refractivity contribution in [2.45, 2.75) is 0 Å². The molecule has 0 aliphatic heterocycles. The molecule has 0 aliphatic carbocycles. The predicted octanol–water partition coefficient (Wildman–Crippen LogP) is 4.17.